The number of ether oxygens (including phenoxy) is 1. The zero-order valence-corrected chi connectivity index (χ0v) is 11.5. The summed E-state index contributed by atoms with van der Waals surface area (Å²) >= 11 is 5.89. The maximum Gasteiger partial charge on any atom is 0.193 e. The predicted octanol–water partition coefficient (Wildman–Crippen LogP) is 4.12. The average Bonchev–Trinajstić information content (AvgIpc) is 2.47. The molecule has 2 aromatic carbocycles. The van der Waals surface area contributed by atoms with E-state index in [1.54, 1.807) is 25.3 Å². The molecule has 0 radical (unpaired) electrons. The molecule has 0 N–H and O–H groups in total. The third-order valence-electron chi connectivity index (χ3n) is 3.06. The average molecular weight is 287 g/mol. The maximum absolute atomic E-state index is 12.2. The molecule has 0 fully saturated rings. The second-order valence-electron chi connectivity index (χ2n) is 4.32. The van der Waals surface area contributed by atoms with Gasteiger partial charge in [0.25, 0.3) is 0 Å². The SMILES string of the molecule is COc1ccccc1-c1cc(=O)c2cc(Cl)ccc2o1. The number of hydrogen-bond donors (Lipinski definition) is 0. The van der Waals surface area contributed by atoms with E-state index in [9.17, 15) is 4.79 Å². The summed E-state index contributed by atoms with van der Waals surface area (Å²) in [5, 5.41) is 0.978. The number of hydrogen-bond acceptors (Lipinski definition) is 3. The highest BCUT2D eigenvalue weighted by molar-refractivity contribution is 6.31. The van der Waals surface area contributed by atoms with Crippen molar-refractivity contribution in [2.75, 3.05) is 7.11 Å². The Balaban J connectivity index is 2.28. The second-order valence-corrected chi connectivity index (χ2v) is 4.75. The first-order valence-corrected chi connectivity index (χ1v) is 6.43. The van der Waals surface area contributed by atoms with Gasteiger partial charge in [-0.1, -0.05) is 23.7 Å². The van der Waals surface area contributed by atoms with E-state index in [2.05, 4.69) is 0 Å². The van der Waals surface area contributed by atoms with Crippen LogP contribution in [0.15, 0.2) is 57.7 Å². The molecule has 0 unspecified atom stereocenters. The van der Waals surface area contributed by atoms with Crippen LogP contribution in [0, 0.1) is 0 Å². The van der Waals surface area contributed by atoms with Crippen LogP contribution < -0.4 is 10.2 Å². The van der Waals surface area contributed by atoms with Crippen LogP contribution in [0.3, 0.4) is 0 Å². The molecule has 3 nitrogen and oxygen atoms in total. The van der Waals surface area contributed by atoms with Crippen LogP contribution in [0.5, 0.6) is 5.75 Å². The Morgan fingerprint density at radius 1 is 1.10 bits per heavy atom. The normalized spacial score (nSPS) is 10.7. The van der Waals surface area contributed by atoms with Gasteiger partial charge in [-0.15, -0.1) is 0 Å². The molecule has 4 heteroatoms. The van der Waals surface area contributed by atoms with Crippen LogP contribution in [0.2, 0.25) is 5.02 Å². The molecule has 0 saturated heterocycles. The number of methoxy groups -OCH3 is 1. The Morgan fingerprint density at radius 3 is 2.70 bits per heavy atom. The lowest BCUT2D eigenvalue weighted by Crippen LogP contribution is -2.00. The van der Waals surface area contributed by atoms with Crippen molar-refractivity contribution in [2.24, 2.45) is 0 Å². The lowest BCUT2D eigenvalue weighted by atomic mass is 10.1. The van der Waals surface area contributed by atoms with Crippen molar-refractivity contribution >= 4 is 22.6 Å². The third-order valence-corrected chi connectivity index (χ3v) is 3.30. The maximum atomic E-state index is 12.2. The van der Waals surface area contributed by atoms with Gasteiger partial charge in [-0.25, -0.2) is 0 Å². The lowest BCUT2D eigenvalue weighted by Gasteiger charge is -2.08. The van der Waals surface area contributed by atoms with E-state index in [0.29, 0.717) is 27.5 Å². The first kappa shape index (κ1) is 12.8. The van der Waals surface area contributed by atoms with Gasteiger partial charge in [-0.3, -0.25) is 4.79 Å². The van der Waals surface area contributed by atoms with Crippen LogP contribution >= 0.6 is 11.6 Å². The lowest BCUT2D eigenvalue weighted by molar-refractivity contribution is 0.415. The summed E-state index contributed by atoms with van der Waals surface area (Å²) in [4.78, 5) is 12.2. The molecule has 0 aliphatic rings. The summed E-state index contributed by atoms with van der Waals surface area (Å²) < 4.78 is 11.1. The number of para-hydroxylation sites is 1. The van der Waals surface area contributed by atoms with E-state index in [4.69, 9.17) is 20.8 Å². The smallest absolute Gasteiger partial charge is 0.193 e. The number of benzene rings is 2. The second kappa shape index (κ2) is 5.02. The van der Waals surface area contributed by atoms with Gasteiger partial charge in [0.15, 0.2) is 5.43 Å². The summed E-state index contributed by atoms with van der Waals surface area (Å²) in [7, 11) is 1.58. The minimum Gasteiger partial charge on any atom is -0.496 e. The van der Waals surface area contributed by atoms with E-state index >= 15 is 0 Å². The van der Waals surface area contributed by atoms with Crippen molar-refractivity contribution in [3.8, 4) is 17.1 Å². The molecule has 0 amide bonds. The fourth-order valence-electron chi connectivity index (χ4n) is 2.11. The largest absolute Gasteiger partial charge is 0.496 e. The molecule has 0 aliphatic heterocycles. The highest BCUT2D eigenvalue weighted by Gasteiger charge is 2.11. The molecular weight excluding hydrogens is 276 g/mol. The zero-order valence-electron chi connectivity index (χ0n) is 10.7. The first-order valence-electron chi connectivity index (χ1n) is 6.06. The number of fused-ring (bicyclic) bond motifs is 1. The van der Waals surface area contributed by atoms with Crippen LogP contribution in [-0.4, -0.2) is 7.11 Å². The van der Waals surface area contributed by atoms with Crippen molar-refractivity contribution in [3.63, 3.8) is 0 Å². The zero-order chi connectivity index (χ0) is 14.1. The summed E-state index contributed by atoms with van der Waals surface area (Å²) in [5.74, 6) is 1.13. The molecule has 0 spiro atoms. The van der Waals surface area contributed by atoms with E-state index < -0.39 is 0 Å². The fraction of sp³-hybridized carbons (Fsp3) is 0.0625. The molecule has 0 aliphatic carbocycles. The molecule has 100 valence electrons. The standard InChI is InChI=1S/C16H11ClO3/c1-19-14-5-3-2-4-11(14)16-9-13(18)12-8-10(17)6-7-15(12)20-16/h2-9H,1H3. The first-order chi connectivity index (χ1) is 9.69. The van der Waals surface area contributed by atoms with E-state index in [0.717, 1.165) is 5.56 Å². The Labute approximate surface area is 120 Å². The summed E-state index contributed by atoms with van der Waals surface area (Å²) in [6.45, 7) is 0. The molecule has 1 aromatic heterocycles. The van der Waals surface area contributed by atoms with Gasteiger partial charge in [0.05, 0.1) is 18.1 Å². The third kappa shape index (κ3) is 2.17. The highest BCUT2D eigenvalue weighted by Crippen LogP contribution is 2.30. The predicted molar refractivity (Wildman–Crippen MR) is 79.5 cm³/mol. The topological polar surface area (TPSA) is 39.4 Å². The van der Waals surface area contributed by atoms with Gasteiger partial charge < -0.3 is 9.15 Å². The van der Waals surface area contributed by atoms with Crippen LogP contribution in [0.25, 0.3) is 22.3 Å². The molecule has 1 heterocycles. The van der Waals surface area contributed by atoms with Gasteiger partial charge in [0, 0.05) is 11.1 Å². The van der Waals surface area contributed by atoms with Gasteiger partial charge >= 0.3 is 0 Å². The minimum atomic E-state index is -0.130. The van der Waals surface area contributed by atoms with Gasteiger partial charge in [0.1, 0.15) is 17.1 Å². The van der Waals surface area contributed by atoms with Crippen molar-refractivity contribution in [1.82, 2.24) is 0 Å². The Hall–Kier alpha value is -2.26. The van der Waals surface area contributed by atoms with Crippen LogP contribution in [0.1, 0.15) is 0 Å². The monoisotopic (exact) mass is 286 g/mol. The van der Waals surface area contributed by atoms with E-state index in [-0.39, 0.29) is 5.43 Å². The Morgan fingerprint density at radius 2 is 1.90 bits per heavy atom. The molecule has 3 aromatic rings. The van der Waals surface area contributed by atoms with Gasteiger partial charge in [0.2, 0.25) is 0 Å². The van der Waals surface area contributed by atoms with Crippen molar-refractivity contribution in [2.45, 2.75) is 0 Å². The molecule has 0 atom stereocenters. The van der Waals surface area contributed by atoms with Gasteiger partial charge in [-0.05, 0) is 30.3 Å². The summed E-state index contributed by atoms with van der Waals surface area (Å²) in [5.41, 5.74) is 1.11. The van der Waals surface area contributed by atoms with Crippen molar-refractivity contribution in [3.05, 3.63) is 63.8 Å². The Kier molecular flexibility index (Phi) is 3.20. The number of rotatable bonds is 2. The summed E-state index contributed by atoms with van der Waals surface area (Å²) in [6, 6.07) is 13.8. The number of halogens is 1. The highest BCUT2D eigenvalue weighted by atomic mass is 35.5. The van der Waals surface area contributed by atoms with Crippen LogP contribution in [0.4, 0.5) is 0 Å². The van der Waals surface area contributed by atoms with E-state index in [1.807, 2.05) is 24.3 Å². The van der Waals surface area contributed by atoms with Crippen molar-refractivity contribution in [1.29, 1.82) is 0 Å². The van der Waals surface area contributed by atoms with Crippen LogP contribution in [-0.2, 0) is 0 Å². The van der Waals surface area contributed by atoms with Gasteiger partial charge in [-0.2, -0.15) is 0 Å². The minimum absolute atomic E-state index is 0.130. The van der Waals surface area contributed by atoms with E-state index in [1.165, 1.54) is 6.07 Å². The molecule has 20 heavy (non-hydrogen) atoms. The quantitative estimate of drug-likeness (QED) is 0.711. The molecular formula is C16H11ClO3. The molecule has 0 saturated carbocycles. The molecule has 3 rings (SSSR count). The summed E-state index contributed by atoms with van der Waals surface area (Å²) in [6.07, 6.45) is 0. The Bertz CT molecular complexity index is 836. The molecule has 0 bridgehead atoms. The fourth-order valence-corrected chi connectivity index (χ4v) is 2.28. The van der Waals surface area contributed by atoms with Crippen molar-refractivity contribution < 1.29 is 9.15 Å².